The second kappa shape index (κ2) is 10.0. The minimum absolute atomic E-state index is 0.446. The Labute approximate surface area is 176 Å². The highest BCUT2D eigenvalue weighted by Crippen LogP contribution is 2.33. The van der Waals surface area contributed by atoms with Crippen molar-refractivity contribution < 1.29 is 18.9 Å². The largest absolute Gasteiger partial charge is 0.493 e. The van der Waals surface area contributed by atoms with E-state index < -0.39 is 0 Å². The molecule has 0 saturated heterocycles. The van der Waals surface area contributed by atoms with Gasteiger partial charge in [-0.05, 0) is 53.1 Å². The molecule has 5 nitrogen and oxygen atoms in total. The summed E-state index contributed by atoms with van der Waals surface area (Å²) in [6.07, 6.45) is 1.80. The normalized spacial score (nSPS) is 10.8. The van der Waals surface area contributed by atoms with Crippen molar-refractivity contribution in [1.29, 1.82) is 5.26 Å². The average molecular weight is 401 g/mol. The van der Waals surface area contributed by atoms with Crippen LogP contribution in [0.4, 0.5) is 0 Å². The monoisotopic (exact) mass is 401 g/mol. The van der Waals surface area contributed by atoms with Crippen LogP contribution in [0.1, 0.15) is 16.7 Å². The van der Waals surface area contributed by atoms with E-state index in [-0.39, 0.29) is 0 Å². The SMILES string of the molecule is COc1ccc(C(C#N)=Cc2ccc(OCc3ccccc3)c(OC)c2)cc1OC. The van der Waals surface area contributed by atoms with Crippen molar-refractivity contribution in [3.8, 4) is 29.1 Å². The molecule has 152 valence electrons. The number of hydrogen-bond donors (Lipinski definition) is 0. The molecule has 0 atom stereocenters. The number of ether oxygens (including phenoxy) is 4. The molecule has 0 aromatic heterocycles. The lowest BCUT2D eigenvalue weighted by molar-refractivity contribution is 0.284. The second-order valence-corrected chi connectivity index (χ2v) is 6.42. The first-order chi connectivity index (χ1) is 14.7. The van der Waals surface area contributed by atoms with Gasteiger partial charge in [-0.2, -0.15) is 5.26 Å². The minimum Gasteiger partial charge on any atom is -0.493 e. The zero-order valence-corrected chi connectivity index (χ0v) is 17.2. The molecule has 0 aliphatic rings. The Hall–Kier alpha value is -3.91. The van der Waals surface area contributed by atoms with E-state index in [1.807, 2.05) is 54.6 Å². The third-order valence-electron chi connectivity index (χ3n) is 4.55. The molecule has 0 radical (unpaired) electrons. The predicted octanol–water partition coefficient (Wildman–Crippen LogP) is 5.36. The molecule has 0 unspecified atom stereocenters. The van der Waals surface area contributed by atoms with E-state index in [2.05, 4.69) is 6.07 Å². The lowest BCUT2D eigenvalue weighted by Crippen LogP contribution is -1.97. The van der Waals surface area contributed by atoms with Crippen molar-refractivity contribution in [3.63, 3.8) is 0 Å². The number of hydrogen-bond acceptors (Lipinski definition) is 5. The maximum absolute atomic E-state index is 9.68. The summed E-state index contributed by atoms with van der Waals surface area (Å²) in [6, 6.07) is 23.1. The van der Waals surface area contributed by atoms with Gasteiger partial charge in [0.25, 0.3) is 0 Å². The summed E-state index contributed by atoms with van der Waals surface area (Å²) in [5.41, 5.74) is 3.13. The fraction of sp³-hybridized carbons (Fsp3) is 0.160. The topological polar surface area (TPSA) is 60.7 Å². The third-order valence-corrected chi connectivity index (χ3v) is 4.55. The van der Waals surface area contributed by atoms with Crippen LogP contribution in [0.5, 0.6) is 23.0 Å². The highest BCUT2D eigenvalue weighted by Gasteiger charge is 2.10. The van der Waals surface area contributed by atoms with Gasteiger partial charge < -0.3 is 18.9 Å². The van der Waals surface area contributed by atoms with Crippen LogP contribution in [0.15, 0.2) is 66.7 Å². The van der Waals surface area contributed by atoms with E-state index in [0.29, 0.717) is 35.2 Å². The highest BCUT2D eigenvalue weighted by molar-refractivity contribution is 5.90. The summed E-state index contributed by atoms with van der Waals surface area (Å²) in [7, 11) is 4.74. The summed E-state index contributed by atoms with van der Waals surface area (Å²) in [5, 5.41) is 9.68. The molecule has 3 aromatic carbocycles. The van der Waals surface area contributed by atoms with Gasteiger partial charge in [-0.25, -0.2) is 0 Å². The van der Waals surface area contributed by atoms with Crippen LogP contribution in [0, 0.1) is 11.3 Å². The fourth-order valence-corrected chi connectivity index (χ4v) is 2.98. The number of nitriles is 1. The molecule has 0 heterocycles. The predicted molar refractivity (Wildman–Crippen MR) is 117 cm³/mol. The van der Waals surface area contributed by atoms with Crippen LogP contribution in [-0.4, -0.2) is 21.3 Å². The van der Waals surface area contributed by atoms with E-state index in [1.165, 1.54) is 0 Å². The van der Waals surface area contributed by atoms with Crippen LogP contribution >= 0.6 is 0 Å². The molecule has 3 aromatic rings. The highest BCUT2D eigenvalue weighted by atomic mass is 16.5. The molecule has 0 N–H and O–H groups in total. The quantitative estimate of drug-likeness (QED) is 0.376. The number of benzene rings is 3. The number of rotatable bonds is 8. The fourth-order valence-electron chi connectivity index (χ4n) is 2.98. The van der Waals surface area contributed by atoms with Gasteiger partial charge >= 0.3 is 0 Å². The van der Waals surface area contributed by atoms with Gasteiger partial charge in [-0.1, -0.05) is 36.4 Å². The van der Waals surface area contributed by atoms with Gasteiger partial charge in [0.15, 0.2) is 23.0 Å². The molecule has 0 fully saturated rings. The molecule has 0 saturated carbocycles. The van der Waals surface area contributed by atoms with Crippen molar-refractivity contribution in [3.05, 3.63) is 83.4 Å². The lowest BCUT2D eigenvalue weighted by Gasteiger charge is -2.12. The molecular formula is C25H23NO4. The Kier molecular flexibility index (Phi) is 6.96. The minimum atomic E-state index is 0.446. The van der Waals surface area contributed by atoms with Gasteiger partial charge in [0.05, 0.1) is 33.0 Å². The Morgan fingerprint density at radius 2 is 1.47 bits per heavy atom. The maximum Gasteiger partial charge on any atom is 0.161 e. The molecule has 5 heteroatoms. The first-order valence-corrected chi connectivity index (χ1v) is 9.37. The molecule has 0 spiro atoms. The van der Waals surface area contributed by atoms with Crippen LogP contribution < -0.4 is 18.9 Å². The molecular weight excluding hydrogens is 378 g/mol. The summed E-state index contributed by atoms with van der Waals surface area (Å²) >= 11 is 0. The van der Waals surface area contributed by atoms with Crippen molar-refractivity contribution >= 4 is 11.6 Å². The van der Waals surface area contributed by atoms with Crippen LogP contribution in [0.25, 0.3) is 11.6 Å². The third kappa shape index (κ3) is 4.92. The van der Waals surface area contributed by atoms with E-state index in [0.717, 1.165) is 16.7 Å². The molecule has 3 rings (SSSR count). The Bertz CT molecular complexity index is 1070. The summed E-state index contributed by atoms with van der Waals surface area (Å²) in [6.45, 7) is 0.446. The van der Waals surface area contributed by atoms with E-state index >= 15 is 0 Å². The Morgan fingerprint density at radius 1 is 0.800 bits per heavy atom. The van der Waals surface area contributed by atoms with E-state index in [1.54, 1.807) is 39.5 Å². The van der Waals surface area contributed by atoms with E-state index in [4.69, 9.17) is 18.9 Å². The van der Waals surface area contributed by atoms with Crippen LogP contribution in [0.3, 0.4) is 0 Å². The molecule has 0 aliphatic carbocycles. The number of methoxy groups -OCH3 is 3. The van der Waals surface area contributed by atoms with Gasteiger partial charge in [0.1, 0.15) is 6.61 Å². The number of allylic oxidation sites excluding steroid dienone is 1. The lowest BCUT2D eigenvalue weighted by atomic mass is 10.0. The average Bonchev–Trinajstić information content (AvgIpc) is 2.81. The van der Waals surface area contributed by atoms with Gasteiger partial charge in [0, 0.05) is 0 Å². The Balaban J connectivity index is 1.85. The summed E-state index contributed by atoms with van der Waals surface area (Å²) in [4.78, 5) is 0. The van der Waals surface area contributed by atoms with Gasteiger partial charge in [-0.3, -0.25) is 0 Å². The van der Waals surface area contributed by atoms with Crippen molar-refractivity contribution in [1.82, 2.24) is 0 Å². The molecule has 0 aliphatic heterocycles. The summed E-state index contributed by atoms with van der Waals surface area (Å²) in [5.74, 6) is 2.42. The Morgan fingerprint density at radius 3 is 2.13 bits per heavy atom. The standard InChI is InChI=1S/C25H23NO4/c1-27-22-12-10-20(15-25(22)29-3)21(16-26)13-19-9-11-23(24(14-19)28-2)30-17-18-7-5-4-6-8-18/h4-15H,17H2,1-3H3. The maximum atomic E-state index is 9.68. The van der Waals surface area contributed by atoms with Crippen LogP contribution in [-0.2, 0) is 6.61 Å². The zero-order chi connectivity index (χ0) is 21.3. The molecule has 0 bridgehead atoms. The number of nitrogens with zero attached hydrogens (tertiary/aromatic N) is 1. The van der Waals surface area contributed by atoms with Crippen molar-refractivity contribution in [2.75, 3.05) is 21.3 Å². The van der Waals surface area contributed by atoms with Gasteiger partial charge in [-0.15, -0.1) is 0 Å². The first-order valence-electron chi connectivity index (χ1n) is 9.37. The van der Waals surface area contributed by atoms with Crippen molar-refractivity contribution in [2.45, 2.75) is 6.61 Å². The smallest absolute Gasteiger partial charge is 0.161 e. The first kappa shape index (κ1) is 20.8. The van der Waals surface area contributed by atoms with E-state index in [9.17, 15) is 5.26 Å². The van der Waals surface area contributed by atoms with Gasteiger partial charge in [0.2, 0.25) is 0 Å². The molecule has 0 amide bonds. The summed E-state index contributed by atoms with van der Waals surface area (Å²) < 4.78 is 22.0. The molecule has 30 heavy (non-hydrogen) atoms. The van der Waals surface area contributed by atoms with Crippen molar-refractivity contribution in [2.24, 2.45) is 0 Å². The second-order valence-electron chi connectivity index (χ2n) is 6.42. The van der Waals surface area contributed by atoms with Crippen LogP contribution in [0.2, 0.25) is 0 Å². The zero-order valence-electron chi connectivity index (χ0n) is 17.2.